The molecular weight excluding hydrogens is 144 g/mol. The van der Waals surface area contributed by atoms with Crippen LogP contribution in [-0.2, 0) is 0 Å². The van der Waals surface area contributed by atoms with Gasteiger partial charge >= 0.3 is 6.09 Å². The van der Waals surface area contributed by atoms with Gasteiger partial charge < -0.3 is 15.7 Å². The Hall–Kier alpha value is -0.770. The molecular formula is C7H14N2O2. The number of nitrogens with zero attached hydrogens (tertiary/aromatic N) is 1. The maximum atomic E-state index is 10.6. The number of likely N-dealkylation sites (tertiary alicyclic amines) is 1. The second-order valence-electron chi connectivity index (χ2n) is 3.11. The minimum Gasteiger partial charge on any atom is -0.465 e. The number of hydrogen-bond donors (Lipinski definition) is 2. The van der Waals surface area contributed by atoms with E-state index in [1.807, 2.05) is 6.92 Å². The average Bonchev–Trinajstić information content (AvgIpc) is 1.85. The Morgan fingerprint density at radius 2 is 2.36 bits per heavy atom. The number of piperidine rings is 1. The minimum atomic E-state index is -0.829. The highest BCUT2D eigenvalue weighted by Crippen LogP contribution is 2.15. The van der Waals surface area contributed by atoms with Crippen LogP contribution in [0.4, 0.5) is 4.79 Å². The van der Waals surface area contributed by atoms with E-state index < -0.39 is 6.09 Å². The predicted molar refractivity (Wildman–Crippen MR) is 41.4 cm³/mol. The van der Waals surface area contributed by atoms with Crippen molar-refractivity contribution < 1.29 is 9.90 Å². The molecule has 3 N–H and O–H groups in total. The van der Waals surface area contributed by atoms with Gasteiger partial charge in [-0.3, -0.25) is 0 Å². The first kappa shape index (κ1) is 8.33. The molecule has 1 saturated heterocycles. The topological polar surface area (TPSA) is 66.6 Å². The summed E-state index contributed by atoms with van der Waals surface area (Å²) in [4.78, 5) is 12.0. The average molecular weight is 158 g/mol. The summed E-state index contributed by atoms with van der Waals surface area (Å²) in [6.45, 7) is 2.48. The fraction of sp³-hybridized carbons (Fsp3) is 0.857. The van der Waals surface area contributed by atoms with E-state index in [1.54, 1.807) is 0 Å². The van der Waals surface area contributed by atoms with Gasteiger partial charge in [0, 0.05) is 18.6 Å². The Morgan fingerprint density at radius 3 is 2.82 bits per heavy atom. The monoisotopic (exact) mass is 158 g/mol. The summed E-state index contributed by atoms with van der Waals surface area (Å²) in [5, 5.41) is 8.68. The Balaban J connectivity index is 2.50. The van der Waals surface area contributed by atoms with Crippen LogP contribution in [0.25, 0.3) is 0 Å². The largest absolute Gasteiger partial charge is 0.465 e. The first-order valence-electron chi connectivity index (χ1n) is 3.86. The Labute approximate surface area is 66.0 Å². The van der Waals surface area contributed by atoms with Crippen LogP contribution in [-0.4, -0.2) is 34.7 Å². The molecule has 1 aliphatic rings. The normalized spacial score (nSPS) is 32.0. The number of amides is 1. The van der Waals surface area contributed by atoms with Gasteiger partial charge in [-0.15, -0.1) is 0 Å². The van der Waals surface area contributed by atoms with Crippen LogP contribution in [0.5, 0.6) is 0 Å². The van der Waals surface area contributed by atoms with E-state index >= 15 is 0 Å². The molecule has 1 amide bonds. The number of hydrogen-bond acceptors (Lipinski definition) is 2. The lowest BCUT2D eigenvalue weighted by atomic mass is 10.00. The van der Waals surface area contributed by atoms with Crippen molar-refractivity contribution in [2.45, 2.75) is 31.8 Å². The van der Waals surface area contributed by atoms with Gasteiger partial charge in [0.15, 0.2) is 0 Å². The van der Waals surface area contributed by atoms with Gasteiger partial charge in [0.1, 0.15) is 0 Å². The van der Waals surface area contributed by atoms with Crippen LogP contribution in [0.1, 0.15) is 19.8 Å². The molecule has 0 spiro atoms. The molecule has 1 fully saturated rings. The third kappa shape index (κ3) is 1.83. The van der Waals surface area contributed by atoms with Crippen LogP contribution in [0.2, 0.25) is 0 Å². The highest BCUT2D eigenvalue weighted by atomic mass is 16.4. The van der Waals surface area contributed by atoms with E-state index in [9.17, 15) is 4.79 Å². The van der Waals surface area contributed by atoms with Gasteiger partial charge in [-0.25, -0.2) is 4.79 Å². The maximum absolute atomic E-state index is 10.6. The molecule has 1 heterocycles. The Bertz CT molecular complexity index is 161. The molecule has 0 aliphatic carbocycles. The van der Waals surface area contributed by atoms with Gasteiger partial charge in [0.25, 0.3) is 0 Å². The summed E-state index contributed by atoms with van der Waals surface area (Å²) in [5.41, 5.74) is 5.67. The van der Waals surface area contributed by atoms with Crippen LogP contribution in [0, 0.1) is 0 Å². The maximum Gasteiger partial charge on any atom is 0.407 e. The molecule has 0 bridgehead atoms. The number of nitrogens with two attached hydrogens (primary N) is 1. The van der Waals surface area contributed by atoms with Gasteiger partial charge in [-0.2, -0.15) is 0 Å². The van der Waals surface area contributed by atoms with Gasteiger partial charge in [-0.1, -0.05) is 0 Å². The molecule has 0 unspecified atom stereocenters. The third-order valence-corrected chi connectivity index (χ3v) is 2.16. The first-order valence-corrected chi connectivity index (χ1v) is 3.86. The lowest BCUT2D eigenvalue weighted by molar-refractivity contribution is 0.107. The Morgan fingerprint density at radius 1 is 1.73 bits per heavy atom. The zero-order valence-electron chi connectivity index (χ0n) is 6.66. The molecule has 64 valence electrons. The van der Waals surface area contributed by atoms with Crippen molar-refractivity contribution in [3.05, 3.63) is 0 Å². The fourth-order valence-corrected chi connectivity index (χ4v) is 1.49. The molecule has 2 atom stereocenters. The van der Waals surface area contributed by atoms with Crippen LogP contribution < -0.4 is 5.73 Å². The van der Waals surface area contributed by atoms with E-state index in [4.69, 9.17) is 10.8 Å². The standard InChI is InChI=1S/C7H14N2O2/c1-5-4-6(8)2-3-9(5)7(10)11/h5-6H,2-4,8H2,1H3,(H,10,11)/t5-,6-/m0/s1. The summed E-state index contributed by atoms with van der Waals surface area (Å²) < 4.78 is 0. The third-order valence-electron chi connectivity index (χ3n) is 2.16. The van der Waals surface area contributed by atoms with Gasteiger partial charge in [-0.05, 0) is 19.8 Å². The minimum absolute atomic E-state index is 0.0799. The number of carbonyl (C=O) groups is 1. The van der Waals surface area contributed by atoms with E-state index in [0.717, 1.165) is 12.8 Å². The van der Waals surface area contributed by atoms with Crippen molar-refractivity contribution >= 4 is 6.09 Å². The second-order valence-corrected chi connectivity index (χ2v) is 3.11. The molecule has 4 heteroatoms. The molecule has 0 radical (unpaired) electrons. The quantitative estimate of drug-likeness (QED) is 0.538. The van der Waals surface area contributed by atoms with E-state index in [2.05, 4.69) is 0 Å². The van der Waals surface area contributed by atoms with Crippen molar-refractivity contribution in [2.24, 2.45) is 5.73 Å². The molecule has 0 aromatic rings. The van der Waals surface area contributed by atoms with Crippen molar-refractivity contribution in [1.82, 2.24) is 4.90 Å². The zero-order chi connectivity index (χ0) is 8.43. The van der Waals surface area contributed by atoms with Crippen LogP contribution in [0.3, 0.4) is 0 Å². The van der Waals surface area contributed by atoms with E-state index in [-0.39, 0.29) is 12.1 Å². The lowest BCUT2D eigenvalue weighted by Gasteiger charge is -2.34. The van der Waals surface area contributed by atoms with Gasteiger partial charge in [0.2, 0.25) is 0 Å². The highest BCUT2D eigenvalue weighted by Gasteiger charge is 2.26. The molecule has 11 heavy (non-hydrogen) atoms. The second kappa shape index (κ2) is 3.09. The smallest absolute Gasteiger partial charge is 0.407 e. The SMILES string of the molecule is C[C@H]1C[C@@H](N)CCN1C(=O)O. The van der Waals surface area contributed by atoms with Crippen molar-refractivity contribution in [1.29, 1.82) is 0 Å². The summed E-state index contributed by atoms with van der Waals surface area (Å²) in [6, 6.07) is 0.261. The Kier molecular flexibility index (Phi) is 2.34. The molecule has 0 saturated carbocycles. The van der Waals surface area contributed by atoms with E-state index in [0.29, 0.717) is 6.54 Å². The number of rotatable bonds is 0. The predicted octanol–water partition coefficient (Wildman–Crippen LogP) is 0.476. The molecule has 4 nitrogen and oxygen atoms in total. The molecule has 0 aromatic carbocycles. The van der Waals surface area contributed by atoms with Crippen molar-refractivity contribution in [2.75, 3.05) is 6.54 Å². The molecule has 1 rings (SSSR count). The fourth-order valence-electron chi connectivity index (χ4n) is 1.49. The summed E-state index contributed by atoms with van der Waals surface area (Å²) >= 11 is 0. The van der Waals surface area contributed by atoms with Crippen LogP contribution >= 0.6 is 0 Å². The lowest BCUT2D eigenvalue weighted by Crippen LogP contribution is -2.47. The zero-order valence-corrected chi connectivity index (χ0v) is 6.66. The van der Waals surface area contributed by atoms with Crippen molar-refractivity contribution in [3.63, 3.8) is 0 Å². The first-order chi connectivity index (χ1) is 5.11. The molecule has 1 aliphatic heterocycles. The van der Waals surface area contributed by atoms with Crippen molar-refractivity contribution in [3.8, 4) is 0 Å². The number of carboxylic acid groups (broad SMARTS) is 1. The van der Waals surface area contributed by atoms with Gasteiger partial charge in [0.05, 0.1) is 0 Å². The molecule has 0 aromatic heterocycles. The van der Waals surface area contributed by atoms with Crippen LogP contribution in [0.15, 0.2) is 0 Å². The van der Waals surface area contributed by atoms with E-state index in [1.165, 1.54) is 4.90 Å². The summed E-state index contributed by atoms with van der Waals surface area (Å²) in [7, 11) is 0. The summed E-state index contributed by atoms with van der Waals surface area (Å²) in [5.74, 6) is 0. The summed E-state index contributed by atoms with van der Waals surface area (Å²) in [6.07, 6.45) is 0.743. The highest BCUT2D eigenvalue weighted by molar-refractivity contribution is 5.65.